The van der Waals surface area contributed by atoms with E-state index in [9.17, 15) is 4.79 Å². The number of guanidine groups is 1. The van der Waals surface area contributed by atoms with E-state index in [1.165, 1.54) is 25.7 Å². The van der Waals surface area contributed by atoms with Crippen molar-refractivity contribution >= 4 is 12.1 Å². The minimum Gasteiger partial charge on any atom is -0.444 e. The summed E-state index contributed by atoms with van der Waals surface area (Å²) in [4.78, 5) is 15.6. The Labute approximate surface area is 134 Å². The molecule has 0 aromatic rings. The number of ether oxygens (including phenoxy) is 1. The molecule has 3 N–H and O–H groups in total. The second-order valence-corrected chi connectivity index (χ2v) is 6.79. The molecule has 0 aliphatic heterocycles. The number of aliphatic imine (C=N–C) groups is 1. The lowest BCUT2D eigenvalue weighted by molar-refractivity contribution is 0.0527. The van der Waals surface area contributed by atoms with Crippen molar-refractivity contribution in [1.29, 1.82) is 0 Å². The Kier molecular flexibility index (Phi) is 8.06. The SMILES string of the molecule is CN=C(NCCCNC(=O)OC(C)(C)C)NCCCC1CC1. The topological polar surface area (TPSA) is 74.8 Å². The van der Waals surface area contributed by atoms with E-state index in [1.807, 2.05) is 20.8 Å². The molecule has 1 saturated carbocycles. The summed E-state index contributed by atoms with van der Waals surface area (Å²) in [6.45, 7) is 7.87. The van der Waals surface area contributed by atoms with Gasteiger partial charge in [-0.2, -0.15) is 0 Å². The number of amides is 1. The molecule has 6 nitrogen and oxygen atoms in total. The summed E-state index contributed by atoms with van der Waals surface area (Å²) in [6.07, 6.45) is 5.81. The van der Waals surface area contributed by atoms with Crippen LogP contribution in [0.25, 0.3) is 0 Å². The number of hydrogen-bond donors (Lipinski definition) is 3. The Morgan fingerprint density at radius 2 is 1.68 bits per heavy atom. The maximum Gasteiger partial charge on any atom is 0.407 e. The summed E-state index contributed by atoms with van der Waals surface area (Å²) in [5.41, 5.74) is -0.450. The molecule has 0 radical (unpaired) electrons. The first-order valence-electron chi connectivity index (χ1n) is 8.32. The molecule has 0 aromatic heterocycles. The maximum atomic E-state index is 11.5. The van der Waals surface area contributed by atoms with Crippen molar-refractivity contribution in [3.63, 3.8) is 0 Å². The average Bonchev–Trinajstić information content (AvgIpc) is 3.22. The predicted molar refractivity (Wildman–Crippen MR) is 90.2 cm³/mol. The zero-order valence-corrected chi connectivity index (χ0v) is 14.5. The first-order valence-corrected chi connectivity index (χ1v) is 8.32. The summed E-state index contributed by atoms with van der Waals surface area (Å²) in [5, 5.41) is 9.29. The Morgan fingerprint density at radius 3 is 2.23 bits per heavy atom. The van der Waals surface area contributed by atoms with Gasteiger partial charge in [0, 0.05) is 26.7 Å². The highest BCUT2D eigenvalue weighted by molar-refractivity contribution is 5.79. The molecule has 0 aromatic carbocycles. The average molecular weight is 312 g/mol. The number of carbonyl (C=O) groups excluding carboxylic acids is 1. The highest BCUT2D eigenvalue weighted by atomic mass is 16.6. The monoisotopic (exact) mass is 312 g/mol. The number of alkyl carbamates (subject to hydrolysis) is 1. The zero-order chi connectivity index (χ0) is 16.4. The molecule has 22 heavy (non-hydrogen) atoms. The highest BCUT2D eigenvalue weighted by Gasteiger charge is 2.20. The van der Waals surface area contributed by atoms with Gasteiger partial charge in [-0.15, -0.1) is 0 Å². The van der Waals surface area contributed by atoms with Gasteiger partial charge in [0.1, 0.15) is 5.60 Å². The molecular weight excluding hydrogens is 280 g/mol. The molecule has 128 valence electrons. The first kappa shape index (κ1) is 18.6. The van der Waals surface area contributed by atoms with Crippen LogP contribution >= 0.6 is 0 Å². The zero-order valence-electron chi connectivity index (χ0n) is 14.5. The third-order valence-corrected chi connectivity index (χ3v) is 3.32. The van der Waals surface area contributed by atoms with E-state index in [-0.39, 0.29) is 6.09 Å². The van der Waals surface area contributed by atoms with E-state index in [0.717, 1.165) is 31.4 Å². The van der Waals surface area contributed by atoms with Gasteiger partial charge in [0.2, 0.25) is 0 Å². The number of nitrogens with zero attached hydrogens (tertiary/aromatic N) is 1. The lowest BCUT2D eigenvalue weighted by atomic mass is 10.2. The van der Waals surface area contributed by atoms with Gasteiger partial charge in [-0.3, -0.25) is 4.99 Å². The molecule has 1 fully saturated rings. The summed E-state index contributed by atoms with van der Waals surface area (Å²) in [7, 11) is 1.77. The standard InChI is InChI=1S/C16H32N4O2/c1-16(2,3)22-15(21)20-12-6-11-19-14(17-4)18-10-5-7-13-8-9-13/h13H,5-12H2,1-4H3,(H,20,21)(H2,17,18,19). The second kappa shape index (κ2) is 9.54. The van der Waals surface area contributed by atoms with Crippen molar-refractivity contribution in [2.45, 2.75) is 58.5 Å². The second-order valence-electron chi connectivity index (χ2n) is 6.79. The van der Waals surface area contributed by atoms with Crippen LogP contribution in [0.2, 0.25) is 0 Å². The third-order valence-electron chi connectivity index (χ3n) is 3.32. The Bertz CT molecular complexity index is 360. The molecule has 0 unspecified atom stereocenters. The molecule has 0 bridgehead atoms. The van der Waals surface area contributed by atoms with Crippen molar-refractivity contribution in [3.8, 4) is 0 Å². The Hall–Kier alpha value is -1.46. The summed E-state index contributed by atoms with van der Waals surface area (Å²) < 4.78 is 5.17. The first-order chi connectivity index (χ1) is 10.4. The number of hydrogen-bond acceptors (Lipinski definition) is 3. The molecule has 1 amide bonds. The van der Waals surface area contributed by atoms with Crippen molar-refractivity contribution in [2.75, 3.05) is 26.7 Å². The van der Waals surface area contributed by atoms with E-state index in [1.54, 1.807) is 7.05 Å². The van der Waals surface area contributed by atoms with E-state index in [0.29, 0.717) is 6.54 Å². The summed E-state index contributed by atoms with van der Waals surface area (Å²) >= 11 is 0. The van der Waals surface area contributed by atoms with Gasteiger partial charge in [-0.05, 0) is 46.0 Å². The molecular formula is C16H32N4O2. The van der Waals surface area contributed by atoms with Crippen LogP contribution in [-0.4, -0.2) is 44.3 Å². The smallest absolute Gasteiger partial charge is 0.407 e. The van der Waals surface area contributed by atoms with Crippen molar-refractivity contribution in [3.05, 3.63) is 0 Å². The van der Waals surface area contributed by atoms with Crippen molar-refractivity contribution in [1.82, 2.24) is 16.0 Å². The van der Waals surface area contributed by atoms with Gasteiger partial charge in [0.05, 0.1) is 0 Å². The highest BCUT2D eigenvalue weighted by Crippen LogP contribution is 2.33. The van der Waals surface area contributed by atoms with E-state index >= 15 is 0 Å². The lowest BCUT2D eigenvalue weighted by Gasteiger charge is -2.19. The summed E-state index contributed by atoms with van der Waals surface area (Å²) in [5.74, 6) is 1.81. The Balaban J connectivity index is 1.97. The van der Waals surface area contributed by atoms with Crippen LogP contribution in [0.15, 0.2) is 4.99 Å². The van der Waals surface area contributed by atoms with E-state index < -0.39 is 5.60 Å². The van der Waals surface area contributed by atoms with Crippen LogP contribution in [0.4, 0.5) is 4.79 Å². The lowest BCUT2D eigenvalue weighted by Crippen LogP contribution is -2.39. The van der Waals surface area contributed by atoms with Gasteiger partial charge < -0.3 is 20.7 Å². The fourth-order valence-electron chi connectivity index (χ4n) is 2.02. The van der Waals surface area contributed by atoms with E-state index in [4.69, 9.17) is 4.74 Å². The van der Waals surface area contributed by atoms with Gasteiger partial charge in [0.15, 0.2) is 5.96 Å². The van der Waals surface area contributed by atoms with E-state index in [2.05, 4.69) is 20.9 Å². The van der Waals surface area contributed by atoms with Crippen LogP contribution in [-0.2, 0) is 4.74 Å². The van der Waals surface area contributed by atoms with Crippen LogP contribution < -0.4 is 16.0 Å². The minimum absolute atomic E-state index is 0.366. The molecule has 1 aliphatic carbocycles. The molecule has 0 saturated heterocycles. The maximum absolute atomic E-state index is 11.5. The normalized spacial score (nSPS) is 15.4. The minimum atomic E-state index is -0.450. The fraction of sp³-hybridized carbons (Fsp3) is 0.875. The van der Waals surface area contributed by atoms with Crippen LogP contribution in [0.5, 0.6) is 0 Å². The van der Waals surface area contributed by atoms with Gasteiger partial charge >= 0.3 is 6.09 Å². The van der Waals surface area contributed by atoms with Gasteiger partial charge in [-0.1, -0.05) is 12.8 Å². The number of rotatable bonds is 8. The van der Waals surface area contributed by atoms with Gasteiger partial charge in [0.25, 0.3) is 0 Å². The van der Waals surface area contributed by atoms with Crippen molar-refractivity contribution in [2.24, 2.45) is 10.9 Å². The van der Waals surface area contributed by atoms with Crippen LogP contribution in [0, 0.1) is 5.92 Å². The third kappa shape index (κ3) is 10.3. The van der Waals surface area contributed by atoms with Crippen LogP contribution in [0.3, 0.4) is 0 Å². The predicted octanol–water partition coefficient (Wildman–Crippen LogP) is 2.26. The number of carbonyl (C=O) groups is 1. The van der Waals surface area contributed by atoms with Crippen LogP contribution in [0.1, 0.15) is 52.9 Å². The molecule has 6 heteroatoms. The summed E-state index contributed by atoms with van der Waals surface area (Å²) in [6, 6.07) is 0. The molecule has 0 heterocycles. The fourth-order valence-corrected chi connectivity index (χ4v) is 2.02. The van der Waals surface area contributed by atoms with Gasteiger partial charge in [-0.25, -0.2) is 4.79 Å². The largest absolute Gasteiger partial charge is 0.444 e. The number of nitrogens with one attached hydrogen (secondary N) is 3. The molecule has 0 spiro atoms. The van der Waals surface area contributed by atoms with Crippen molar-refractivity contribution < 1.29 is 9.53 Å². The molecule has 1 rings (SSSR count). The molecule has 1 aliphatic rings. The Morgan fingerprint density at radius 1 is 1.09 bits per heavy atom. The molecule has 0 atom stereocenters. The quantitative estimate of drug-likeness (QED) is 0.365.